The number of amides is 1. The smallest absolute Gasteiger partial charge is 0.253 e. The number of carbonyl (C=O) groups excluding carboxylic acids is 1. The summed E-state index contributed by atoms with van der Waals surface area (Å²) in [6.07, 6.45) is 0. The van der Waals surface area contributed by atoms with Crippen LogP contribution in [-0.4, -0.2) is 24.9 Å². The Morgan fingerprint density at radius 2 is 2.25 bits per heavy atom. The fourth-order valence-corrected chi connectivity index (χ4v) is 1.50. The van der Waals surface area contributed by atoms with Crippen LogP contribution in [0.5, 0.6) is 0 Å². The van der Waals surface area contributed by atoms with Gasteiger partial charge >= 0.3 is 0 Å². The van der Waals surface area contributed by atoms with Crippen LogP contribution in [0.3, 0.4) is 0 Å². The number of thiophene rings is 1. The van der Waals surface area contributed by atoms with Gasteiger partial charge in [0.1, 0.15) is 0 Å². The lowest BCUT2D eigenvalue weighted by Crippen LogP contribution is -2.22. The molecule has 2 nitrogen and oxygen atoms in total. The monoisotopic (exact) mass is 181 g/mol. The van der Waals surface area contributed by atoms with Crippen molar-refractivity contribution in [3.63, 3.8) is 0 Å². The molecule has 1 amide bonds. The van der Waals surface area contributed by atoms with Crippen LogP contribution < -0.4 is 0 Å². The van der Waals surface area contributed by atoms with Gasteiger partial charge in [0.25, 0.3) is 5.91 Å². The quantitative estimate of drug-likeness (QED) is 0.638. The van der Waals surface area contributed by atoms with Gasteiger partial charge in [0.05, 0.1) is 0 Å². The number of hydrogen-bond donors (Lipinski definition) is 0. The third-order valence-corrected chi connectivity index (χ3v) is 2.22. The average Bonchev–Trinajstić information content (AvgIpc) is 2.53. The van der Waals surface area contributed by atoms with Crippen LogP contribution in [-0.2, 0) is 4.79 Å². The van der Waals surface area contributed by atoms with Gasteiger partial charge in [-0.1, -0.05) is 6.58 Å². The molecule has 12 heavy (non-hydrogen) atoms. The highest BCUT2D eigenvalue weighted by Crippen LogP contribution is 2.16. The molecule has 0 saturated heterocycles. The second-order valence-corrected chi connectivity index (χ2v) is 3.47. The van der Waals surface area contributed by atoms with E-state index < -0.39 is 0 Å². The lowest BCUT2D eigenvalue weighted by molar-refractivity contribution is -0.122. The highest BCUT2D eigenvalue weighted by atomic mass is 32.1. The van der Waals surface area contributed by atoms with Crippen LogP contribution in [0.15, 0.2) is 23.4 Å². The molecule has 0 spiro atoms. The first-order valence-corrected chi connectivity index (χ1v) is 4.50. The Bertz CT molecular complexity index is 287. The SMILES string of the molecule is C=C(C(=O)N(C)C)c1ccsc1. The second kappa shape index (κ2) is 3.54. The highest BCUT2D eigenvalue weighted by molar-refractivity contribution is 7.08. The summed E-state index contributed by atoms with van der Waals surface area (Å²) in [5.74, 6) is -0.0339. The number of likely N-dealkylation sites (N-methyl/N-ethyl adjacent to an activating group) is 1. The van der Waals surface area contributed by atoms with E-state index in [-0.39, 0.29) is 5.91 Å². The normalized spacial score (nSPS) is 9.50. The lowest BCUT2D eigenvalue weighted by atomic mass is 10.1. The molecule has 0 aliphatic carbocycles. The predicted octanol–water partition coefficient (Wildman–Crippen LogP) is 1.85. The first-order chi connectivity index (χ1) is 5.63. The number of nitrogens with zero attached hydrogens (tertiary/aromatic N) is 1. The summed E-state index contributed by atoms with van der Waals surface area (Å²) in [4.78, 5) is 12.9. The maximum absolute atomic E-state index is 11.4. The summed E-state index contributed by atoms with van der Waals surface area (Å²) in [5.41, 5.74) is 1.47. The minimum Gasteiger partial charge on any atom is -0.345 e. The summed E-state index contributed by atoms with van der Waals surface area (Å²) in [7, 11) is 3.44. The molecule has 3 heteroatoms. The van der Waals surface area contributed by atoms with Gasteiger partial charge in [0, 0.05) is 19.7 Å². The lowest BCUT2D eigenvalue weighted by Gasteiger charge is -2.10. The topological polar surface area (TPSA) is 20.3 Å². The zero-order valence-corrected chi connectivity index (χ0v) is 8.02. The van der Waals surface area contributed by atoms with Crippen molar-refractivity contribution in [3.05, 3.63) is 29.0 Å². The number of rotatable bonds is 2. The van der Waals surface area contributed by atoms with Crippen molar-refractivity contribution in [1.29, 1.82) is 0 Å². The molecule has 64 valence electrons. The Kier molecular flexibility index (Phi) is 2.65. The van der Waals surface area contributed by atoms with E-state index in [1.165, 1.54) is 4.90 Å². The minimum absolute atomic E-state index is 0.0339. The summed E-state index contributed by atoms with van der Waals surface area (Å²) in [6.45, 7) is 3.73. The fraction of sp³-hybridized carbons (Fsp3) is 0.222. The van der Waals surface area contributed by atoms with Gasteiger partial charge < -0.3 is 4.90 Å². The molecule has 1 aromatic heterocycles. The van der Waals surface area contributed by atoms with Crippen molar-refractivity contribution in [1.82, 2.24) is 4.90 Å². The van der Waals surface area contributed by atoms with Gasteiger partial charge in [-0.05, 0) is 22.4 Å². The molecule has 0 aliphatic rings. The van der Waals surface area contributed by atoms with Gasteiger partial charge in [-0.15, -0.1) is 0 Å². The maximum Gasteiger partial charge on any atom is 0.253 e. The van der Waals surface area contributed by atoms with Gasteiger partial charge in [0.2, 0.25) is 0 Å². The molecule has 1 heterocycles. The molecule has 0 bridgehead atoms. The summed E-state index contributed by atoms with van der Waals surface area (Å²) in [6, 6.07) is 1.90. The van der Waals surface area contributed by atoms with Crippen molar-refractivity contribution in [2.75, 3.05) is 14.1 Å². The fourth-order valence-electron chi connectivity index (χ4n) is 0.830. The Labute approximate surface area is 76.1 Å². The molecule has 0 unspecified atom stereocenters. The van der Waals surface area contributed by atoms with E-state index in [1.54, 1.807) is 25.4 Å². The minimum atomic E-state index is -0.0339. The van der Waals surface area contributed by atoms with Gasteiger partial charge in [-0.2, -0.15) is 11.3 Å². The van der Waals surface area contributed by atoms with E-state index in [1.807, 2.05) is 16.8 Å². The van der Waals surface area contributed by atoms with Gasteiger partial charge in [-0.25, -0.2) is 0 Å². The van der Waals surface area contributed by atoms with Crippen molar-refractivity contribution < 1.29 is 4.79 Å². The molecule has 1 rings (SSSR count). The van der Waals surface area contributed by atoms with Crippen molar-refractivity contribution >= 4 is 22.8 Å². The van der Waals surface area contributed by atoms with E-state index in [0.29, 0.717) is 5.57 Å². The highest BCUT2D eigenvalue weighted by Gasteiger charge is 2.10. The van der Waals surface area contributed by atoms with E-state index in [4.69, 9.17) is 0 Å². The molecule has 0 N–H and O–H groups in total. The molecular weight excluding hydrogens is 170 g/mol. The van der Waals surface area contributed by atoms with Crippen LogP contribution >= 0.6 is 11.3 Å². The third-order valence-electron chi connectivity index (χ3n) is 1.53. The molecular formula is C9H11NOS. The number of carbonyl (C=O) groups is 1. The standard InChI is InChI=1S/C9H11NOS/c1-7(9(11)10(2)3)8-4-5-12-6-8/h4-6H,1H2,2-3H3. The van der Waals surface area contributed by atoms with Crippen molar-refractivity contribution in [2.45, 2.75) is 0 Å². The second-order valence-electron chi connectivity index (χ2n) is 2.69. The van der Waals surface area contributed by atoms with Gasteiger partial charge in [-0.3, -0.25) is 4.79 Å². The zero-order valence-electron chi connectivity index (χ0n) is 7.20. The number of hydrogen-bond acceptors (Lipinski definition) is 2. The first-order valence-electron chi connectivity index (χ1n) is 3.56. The zero-order chi connectivity index (χ0) is 9.14. The van der Waals surface area contributed by atoms with Crippen LogP contribution in [0.4, 0.5) is 0 Å². The van der Waals surface area contributed by atoms with Crippen LogP contribution in [0, 0.1) is 0 Å². The molecule has 0 fully saturated rings. The van der Waals surface area contributed by atoms with Crippen LogP contribution in [0.1, 0.15) is 5.56 Å². The summed E-state index contributed by atoms with van der Waals surface area (Å²) < 4.78 is 0. The largest absolute Gasteiger partial charge is 0.345 e. The van der Waals surface area contributed by atoms with E-state index in [9.17, 15) is 4.79 Å². The Morgan fingerprint density at radius 3 is 2.67 bits per heavy atom. The van der Waals surface area contributed by atoms with Crippen LogP contribution in [0.25, 0.3) is 5.57 Å². The Hall–Kier alpha value is -1.09. The van der Waals surface area contributed by atoms with Crippen LogP contribution in [0.2, 0.25) is 0 Å². The molecule has 0 aromatic carbocycles. The molecule has 0 aliphatic heterocycles. The van der Waals surface area contributed by atoms with E-state index in [0.717, 1.165) is 5.56 Å². The Morgan fingerprint density at radius 1 is 1.58 bits per heavy atom. The van der Waals surface area contributed by atoms with E-state index in [2.05, 4.69) is 6.58 Å². The molecule has 0 atom stereocenters. The van der Waals surface area contributed by atoms with Crippen molar-refractivity contribution in [2.24, 2.45) is 0 Å². The average molecular weight is 181 g/mol. The summed E-state index contributed by atoms with van der Waals surface area (Å²) in [5, 5.41) is 3.85. The van der Waals surface area contributed by atoms with E-state index >= 15 is 0 Å². The summed E-state index contributed by atoms with van der Waals surface area (Å²) >= 11 is 1.57. The maximum atomic E-state index is 11.4. The molecule has 1 aromatic rings. The third kappa shape index (κ3) is 1.74. The Balaban J connectivity index is 2.80. The molecule has 0 radical (unpaired) electrons. The van der Waals surface area contributed by atoms with Gasteiger partial charge in [0.15, 0.2) is 0 Å². The molecule has 0 saturated carbocycles. The van der Waals surface area contributed by atoms with Crippen molar-refractivity contribution in [3.8, 4) is 0 Å². The first kappa shape index (κ1) is 9.00. The predicted molar refractivity (Wildman–Crippen MR) is 52.0 cm³/mol.